The van der Waals surface area contributed by atoms with Crippen LogP contribution in [0.15, 0.2) is 54.6 Å². The molecule has 0 spiro atoms. The van der Waals surface area contributed by atoms with Crippen LogP contribution in [0.5, 0.6) is 5.75 Å². The molecule has 0 N–H and O–H groups in total. The Labute approximate surface area is 164 Å². The largest absolute Gasteiger partial charge is 0.487 e. The summed E-state index contributed by atoms with van der Waals surface area (Å²) >= 11 is 0. The molecule has 0 amide bonds. The highest BCUT2D eigenvalue weighted by Gasteiger charge is 2.14. The van der Waals surface area contributed by atoms with Gasteiger partial charge >= 0.3 is 5.97 Å². The summed E-state index contributed by atoms with van der Waals surface area (Å²) in [6, 6.07) is 17.5. The highest BCUT2D eigenvalue weighted by atomic mass is 16.5. The van der Waals surface area contributed by atoms with Crippen LogP contribution < -0.4 is 9.64 Å². The quantitative estimate of drug-likeness (QED) is 0.610. The lowest BCUT2D eigenvalue weighted by atomic mass is 10.1. The predicted molar refractivity (Wildman–Crippen MR) is 110 cm³/mol. The van der Waals surface area contributed by atoms with Gasteiger partial charge in [0.2, 0.25) is 0 Å². The average molecular weight is 376 g/mol. The van der Waals surface area contributed by atoms with Crippen LogP contribution in [0.3, 0.4) is 0 Å². The number of rotatable bonds is 5. The fourth-order valence-corrected chi connectivity index (χ4v) is 3.54. The van der Waals surface area contributed by atoms with Crippen molar-refractivity contribution in [1.82, 2.24) is 4.98 Å². The SMILES string of the molecule is COC(=O)c1ccc(COc2cccc3ccc(N4CCCCC4)nc23)cc1. The number of aromatic nitrogens is 1. The smallest absolute Gasteiger partial charge is 0.337 e. The van der Waals surface area contributed by atoms with E-state index in [-0.39, 0.29) is 5.97 Å². The Hall–Kier alpha value is -3.08. The highest BCUT2D eigenvalue weighted by Crippen LogP contribution is 2.28. The molecule has 1 aliphatic rings. The van der Waals surface area contributed by atoms with Crippen LogP contribution in [0.4, 0.5) is 5.82 Å². The minimum absolute atomic E-state index is 0.337. The van der Waals surface area contributed by atoms with Gasteiger partial charge in [-0.1, -0.05) is 24.3 Å². The van der Waals surface area contributed by atoms with Gasteiger partial charge in [-0.25, -0.2) is 9.78 Å². The van der Waals surface area contributed by atoms with E-state index in [0.717, 1.165) is 41.1 Å². The standard InChI is InChI=1S/C23H24N2O3/c1-27-23(26)19-10-8-17(9-11-19)16-28-20-7-5-6-18-12-13-21(24-22(18)20)25-14-3-2-4-15-25/h5-13H,2-4,14-16H2,1H3. The first-order valence-corrected chi connectivity index (χ1v) is 9.69. The Bertz CT molecular complexity index is 963. The molecule has 0 atom stereocenters. The molecular weight excluding hydrogens is 352 g/mol. The van der Waals surface area contributed by atoms with Crippen LogP contribution in [0, 0.1) is 0 Å². The zero-order chi connectivity index (χ0) is 19.3. The third kappa shape index (κ3) is 3.93. The molecule has 5 heteroatoms. The van der Waals surface area contributed by atoms with Crippen molar-refractivity contribution < 1.29 is 14.3 Å². The predicted octanol–water partition coefficient (Wildman–Crippen LogP) is 4.59. The molecule has 1 fully saturated rings. The molecule has 4 rings (SSSR count). The number of ether oxygens (including phenoxy) is 2. The molecule has 0 saturated carbocycles. The van der Waals surface area contributed by atoms with Crippen molar-refractivity contribution in [2.45, 2.75) is 25.9 Å². The highest BCUT2D eigenvalue weighted by molar-refractivity contribution is 5.89. The lowest BCUT2D eigenvalue weighted by molar-refractivity contribution is 0.0600. The van der Waals surface area contributed by atoms with E-state index in [2.05, 4.69) is 23.1 Å². The number of nitrogens with zero attached hydrogens (tertiary/aromatic N) is 2. The molecule has 28 heavy (non-hydrogen) atoms. The van der Waals surface area contributed by atoms with Crippen molar-refractivity contribution in [1.29, 1.82) is 0 Å². The minimum Gasteiger partial charge on any atom is -0.487 e. The van der Waals surface area contributed by atoms with Gasteiger partial charge in [0.1, 0.15) is 23.7 Å². The van der Waals surface area contributed by atoms with Crippen molar-refractivity contribution in [2.24, 2.45) is 0 Å². The van der Waals surface area contributed by atoms with E-state index in [1.54, 1.807) is 12.1 Å². The Balaban J connectivity index is 1.53. The number of carbonyl (C=O) groups is 1. The van der Waals surface area contributed by atoms with Gasteiger partial charge in [0.15, 0.2) is 0 Å². The van der Waals surface area contributed by atoms with Gasteiger partial charge in [-0.15, -0.1) is 0 Å². The number of piperidine rings is 1. The summed E-state index contributed by atoms with van der Waals surface area (Å²) in [6.07, 6.45) is 3.74. The van der Waals surface area contributed by atoms with E-state index < -0.39 is 0 Å². The van der Waals surface area contributed by atoms with Gasteiger partial charge in [0.05, 0.1) is 12.7 Å². The molecular formula is C23H24N2O3. The first kappa shape index (κ1) is 18.3. The molecule has 0 bridgehead atoms. The number of para-hydroxylation sites is 1. The van der Waals surface area contributed by atoms with Crippen molar-refractivity contribution in [3.63, 3.8) is 0 Å². The van der Waals surface area contributed by atoms with Gasteiger partial charge in [-0.05, 0) is 55.2 Å². The summed E-state index contributed by atoms with van der Waals surface area (Å²) in [5.41, 5.74) is 2.40. The molecule has 3 aromatic rings. The lowest BCUT2D eigenvalue weighted by Crippen LogP contribution is -2.30. The second-order valence-electron chi connectivity index (χ2n) is 7.02. The van der Waals surface area contributed by atoms with Gasteiger partial charge < -0.3 is 14.4 Å². The van der Waals surface area contributed by atoms with Gasteiger partial charge in [0, 0.05) is 18.5 Å². The summed E-state index contributed by atoms with van der Waals surface area (Å²) in [5, 5.41) is 1.07. The Morgan fingerprint density at radius 1 is 1.00 bits per heavy atom. The van der Waals surface area contributed by atoms with Gasteiger partial charge in [-0.3, -0.25) is 0 Å². The van der Waals surface area contributed by atoms with Crippen molar-refractivity contribution in [3.05, 3.63) is 65.7 Å². The van der Waals surface area contributed by atoms with Crippen LogP contribution in [-0.4, -0.2) is 31.2 Å². The van der Waals surface area contributed by atoms with E-state index in [1.165, 1.54) is 26.4 Å². The van der Waals surface area contributed by atoms with E-state index in [9.17, 15) is 4.79 Å². The lowest BCUT2D eigenvalue weighted by Gasteiger charge is -2.28. The topological polar surface area (TPSA) is 51.7 Å². The monoisotopic (exact) mass is 376 g/mol. The molecule has 0 radical (unpaired) electrons. The second kappa shape index (κ2) is 8.30. The third-order valence-electron chi connectivity index (χ3n) is 5.12. The van der Waals surface area contributed by atoms with Crippen LogP contribution in [0.1, 0.15) is 35.2 Å². The normalized spacial score (nSPS) is 14.1. The van der Waals surface area contributed by atoms with Gasteiger partial charge in [-0.2, -0.15) is 0 Å². The molecule has 2 heterocycles. The summed E-state index contributed by atoms with van der Waals surface area (Å²) < 4.78 is 10.8. The first-order valence-electron chi connectivity index (χ1n) is 9.69. The van der Waals surface area contributed by atoms with Gasteiger partial charge in [0.25, 0.3) is 0 Å². The Kier molecular flexibility index (Phi) is 5.42. The zero-order valence-corrected chi connectivity index (χ0v) is 16.1. The number of fused-ring (bicyclic) bond motifs is 1. The van der Waals surface area contributed by atoms with Crippen LogP contribution in [-0.2, 0) is 11.3 Å². The third-order valence-corrected chi connectivity index (χ3v) is 5.12. The summed E-state index contributed by atoms with van der Waals surface area (Å²) in [5.74, 6) is 1.45. The van der Waals surface area contributed by atoms with E-state index in [1.807, 2.05) is 24.3 Å². The number of pyridine rings is 1. The van der Waals surface area contributed by atoms with Crippen LogP contribution in [0.2, 0.25) is 0 Å². The molecule has 1 aromatic heterocycles. The van der Waals surface area contributed by atoms with Crippen molar-refractivity contribution >= 4 is 22.7 Å². The maximum absolute atomic E-state index is 11.5. The number of carbonyl (C=O) groups excluding carboxylic acids is 1. The number of hydrogen-bond donors (Lipinski definition) is 0. The molecule has 0 unspecified atom stereocenters. The fraction of sp³-hybridized carbons (Fsp3) is 0.304. The number of anilines is 1. The molecule has 1 saturated heterocycles. The second-order valence-corrected chi connectivity index (χ2v) is 7.02. The zero-order valence-electron chi connectivity index (χ0n) is 16.1. The number of esters is 1. The summed E-state index contributed by atoms with van der Waals surface area (Å²) in [6.45, 7) is 2.54. The average Bonchev–Trinajstić information content (AvgIpc) is 2.77. The van der Waals surface area contributed by atoms with Crippen LogP contribution in [0.25, 0.3) is 10.9 Å². The number of benzene rings is 2. The van der Waals surface area contributed by atoms with Crippen molar-refractivity contribution in [3.8, 4) is 5.75 Å². The molecule has 5 nitrogen and oxygen atoms in total. The van der Waals surface area contributed by atoms with E-state index in [0.29, 0.717) is 12.2 Å². The minimum atomic E-state index is -0.337. The van der Waals surface area contributed by atoms with E-state index >= 15 is 0 Å². The number of hydrogen-bond acceptors (Lipinski definition) is 5. The fourth-order valence-electron chi connectivity index (χ4n) is 3.54. The maximum atomic E-state index is 11.5. The Morgan fingerprint density at radius 2 is 1.79 bits per heavy atom. The number of methoxy groups -OCH3 is 1. The molecule has 144 valence electrons. The Morgan fingerprint density at radius 3 is 2.54 bits per heavy atom. The molecule has 2 aromatic carbocycles. The molecule has 1 aliphatic heterocycles. The van der Waals surface area contributed by atoms with E-state index in [4.69, 9.17) is 14.5 Å². The summed E-state index contributed by atoms with van der Waals surface area (Å²) in [7, 11) is 1.38. The molecule has 0 aliphatic carbocycles. The summed E-state index contributed by atoms with van der Waals surface area (Å²) in [4.78, 5) is 18.8. The van der Waals surface area contributed by atoms with Crippen molar-refractivity contribution in [2.75, 3.05) is 25.1 Å². The first-order chi connectivity index (χ1) is 13.7. The maximum Gasteiger partial charge on any atom is 0.337 e. The van der Waals surface area contributed by atoms with Crippen LogP contribution >= 0.6 is 0 Å².